The van der Waals surface area contributed by atoms with Crippen molar-refractivity contribution in [2.24, 2.45) is 5.92 Å². The maximum absolute atomic E-state index is 13.3. The van der Waals surface area contributed by atoms with Gasteiger partial charge >= 0.3 is 12.2 Å². The number of carbonyl (C=O) groups excluding carboxylic acids is 2. The molecule has 0 unspecified atom stereocenters. The third-order valence-corrected chi connectivity index (χ3v) is 6.11. The Labute approximate surface area is 187 Å². The first-order valence-corrected chi connectivity index (χ1v) is 11.1. The molecule has 1 aliphatic heterocycles. The molecule has 1 aliphatic rings. The summed E-state index contributed by atoms with van der Waals surface area (Å²) in [6, 6.07) is 4.28. The average molecular weight is 471 g/mol. The highest BCUT2D eigenvalue weighted by molar-refractivity contribution is 7.99. The predicted molar refractivity (Wildman–Crippen MR) is 113 cm³/mol. The number of nitrogens with zero attached hydrogens (tertiary/aromatic N) is 4. The topological polar surface area (TPSA) is 92.2 Å². The van der Waals surface area contributed by atoms with Crippen LogP contribution in [0, 0.1) is 5.92 Å². The van der Waals surface area contributed by atoms with Gasteiger partial charge in [-0.05, 0) is 50.0 Å². The van der Waals surface area contributed by atoms with E-state index in [1.807, 2.05) is 0 Å². The fourth-order valence-electron chi connectivity index (χ4n) is 3.35. The smallest absolute Gasteiger partial charge is 0.341 e. The number of benzene rings is 1. The van der Waals surface area contributed by atoms with E-state index in [4.69, 9.17) is 0 Å². The van der Waals surface area contributed by atoms with Gasteiger partial charge in [-0.1, -0.05) is 24.8 Å². The maximum Gasteiger partial charge on any atom is 0.416 e. The van der Waals surface area contributed by atoms with E-state index >= 15 is 0 Å². The second-order valence-corrected chi connectivity index (χ2v) is 8.60. The molecule has 0 aliphatic carbocycles. The van der Waals surface area contributed by atoms with Crippen molar-refractivity contribution in [2.75, 3.05) is 25.9 Å². The molecule has 2 heterocycles. The molecule has 1 aromatic carbocycles. The Morgan fingerprint density at radius 3 is 2.59 bits per heavy atom. The quantitative estimate of drug-likeness (QED) is 0.631. The van der Waals surface area contributed by atoms with Crippen LogP contribution < -0.4 is 10.6 Å². The van der Waals surface area contributed by atoms with Crippen molar-refractivity contribution in [3.05, 3.63) is 35.7 Å². The second kappa shape index (κ2) is 10.3. The Bertz CT molecular complexity index is 957. The van der Waals surface area contributed by atoms with Gasteiger partial charge in [0, 0.05) is 7.05 Å². The van der Waals surface area contributed by atoms with Crippen molar-refractivity contribution in [1.82, 2.24) is 30.3 Å². The van der Waals surface area contributed by atoms with Gasteiger partial charge < -0.3 is 5.32 Å². The molecule has 1 fully saturated rings. The lowest BCUT2D eigenvalue weighted by atomic mass is 9.99. The van der Waals surface area contributed by atoms with E-state index < -0.39 is 23.7 Å². The molecule has 1 aromatic heterocycles. The van der Waals surface area contributed by atoms with Gasteiger partial charge in [-0.2, -0.15) is 13.2 Å². The molecule has 0 atom stereocenters. The Morgan fingerprint density at radius 2 is 1.94 bits per heavy atom. The third-order valence-electron chi connectivity index (χ3n) is 5.19. The summed E-state index contributed by atoms with van der Waals surface area (Å²) in [5, 5.41) is 13.0. The summed E-state index contributed by atoms with van der Waals surface area (Å²) < 4.78 is 41.4. The van der Waals surface area contributed by atoms with Crippen molar-refractivity contribution in [3.8, 4) is 5.69 Å². The van der Waals surface area contributed by atoms with E-state index in [-0.39, 0.29) is 16.6 Å². The number of rotatable bonds is 6. The number of alkyl halides is 3. The molecule has 0 bridgehead atoms. The van der Waals surface area contributed by atoms with Crippen molar-refractivity contribution in [3.63, 3.8) is 0 Å². The zero-order chi connectivity index (χ0) is 23.3. The van der Waals surface area contributed by atoms with E-state index in [1.165, 1.54) is 13.1 Å². The number of nitrogens with one attached hydrogen (secondary N) is 2. The van der Waals surface area contributed by atoms with E-state index in [0.29, 0.717) is 18.3 Å². The number of piperidine rings is 1. The van der Waals surface area contributed by atoms with Crippen LogP contribution >= 0.6 is 11.8 Å². The molecule has 0 saturated carbocycles. The lowest BCUT2D eigenvalue weighted by Crippen LogP contribution is -2.38. The van der Waals surface area contributed by atoms with Crippen molar-refractivity contribution < 1.29 is 22.8 Å². The summed E-state index contributed by atoms with van der Waals surface area (Å²) >= 11 is 0.997. The van der Waals surface area contributed by atoms with Gasteiger partial charge in [0.2, 0.25) is 5.91 Å². The van der Waals surface area contributed by atoms with Gasteiger partial charge in [-0.15, -0.1) is 10.2 Å². The molecule has 12 heteroatoms. The average Bonchev–Trinajstić information content (AvgIpc) is 3.15. The fourth-order valence-corrected chi connectivity index (χ4v) is 4.12. The summed E-state index contributed by atoms with van der Waals surface area (Å²) in [4.78, 5) is 25.5. The van der Waals surface area contributed by atoms with E-state index in [9.17, 15) is 22.8 Å². The lowest BCUT2D eigenvalue weighted by Gasteiger charge is -2.29. The van der Waals surface area contributed by atoms with E-state index in [2.05, 4.69) is 32.7 Å². The van der Waals surface area contributed by atoms with E-state index in [1.54, 1.807) is 10.6 Å². The van der Waals surface area contributed by atoms with Crippen LogP contribution in [-0.4, -0.2) is 57.5 Å². The zero-order valence-electron chi connectivity index (χ0n) is 17.8. The number of amides is 3. The molecule has 2 aromatic rings. The Kier molecular flexibility index (Phi) is 7.77. The monoisotopic (exact) mass is 470 g/mol. The number of hydrogen-bond acceptors (Lipinski definition) is 6. The van der Waals surface area contributed by atoms with Gasteiger partial charge in [0.05, 0.1) is 23.5 Å². The van der Waals surface area contributed by atoms with E-state index in [0.717, 1.165) is 49.8 Å². The molecule has 174 valence electrons. The highest BCUT2D eigenvalue weighted by Gasteiger charge is 2.31. The summed E-state index contributed by atoms with van der Waals surface area (Å²) in [5.74, 6) is 0.427. The maximum atomic E-state index is 13.3. The van der Waals surface area contributed by atoms with Gasteiger partial charge in [-0.3, -0.25) is 19.6 Å². The van der Waals surface area contributed by atoms with Crippen molar-refractivity contribution in [1.29, 1.82) is 0 Å². The zero-order valence-corrected chi connectivity index (χ0v) is 18.6. The van der Waals surface area contributed by atoms with Crippen LogP contribution in [0.2, 0.25) is 0 Å². The van der Waals surface area contributed by atoms with Crippen LogP contribution in [-0.2, 0) is 17.5 Å². The number of likely N-dealkylation sites (tertiary alicyclic amines) is 1. The largest absolute Gasteiger partial charge is 0.416 e. The number of hydrogen-bond donors (Lipinski definition) is 2. The molecule has 0 spiro atoms. The molecule has 0 radical (unpaired) electrons. The minimum Gasteiger partial charge on any atom is -0.341 e. The standard InChI is InChI=1S/C20H25F3N6O2S/c1-13-6-8-28(9-7-13)11-16-26-27-19(32-12-17(30)25-18(31)24-2)29(16)15-5-3-4-14(10-15)20(21,22)23/h3-5,10,13H,6-9,11-12H2,1-2H3,(H2,24,25,30,31). The molecule has 3 rings (SSSR count). The van der Waals surface area contributed by atoms with Crippen LogP contribution in [0.5, 0.6) is 0 Å². The molecular weight excluding hydrogens is 445 g/mol. The molecule has 32 heavy (non-hydrogen) atoms. The first-order chi connectivity index (χ1) is 15.2. The van der Waals surface area contributed by atoms with Crippen molar-refractivity contribution in [2.45, 2.75) is 37.6 Å². The molecule has 1 saturated heterocycles. The minimum absolute atomic E-state index is 0.147. The summed E-state index contributed by atoms with van der Waals surface area (Å²) in [5.41, 5.74) is -0.519. The SMILES string of the molecule is CNC(=O)NC(=O)CSc1nnc(CN2CCC(C)CC2)n1-c1cccc(C(F)(F)F)c1. The molecule has 8 nitrogen and oxygen atoms in total. The van der Waals surface area contributed by atoms with Crippen LogP contribution in [0.4, 0.5) is 18.0 Å². The van der Waals surface area contributed by atoms with Crippen LogP contribution in [0.1, 0.15) is 31.2 Å². The van der Waals surface area contributed by atoms with Crippen LogP contribution in [0.3, 0.4) is 0 Å². The number of aromatic nitrogens is 3. The van der Waals surface area contributed by atoms with Crippen LogP contribution in [0.15, 0.2) is 29.4 Å². The predicted octanol–water partition coefficient (Wildman–Crippen LogP) is 3.07. The highest BCUT2D eigenvalue weighted by Crippen LogP contribution is 2.32. The first kappa shape index (κ1) is 24.1. The van der Waals surface area contributed by atoms with Crippen molar-refractivity contribution >= 4 is 23.7 Å². The first-order valence-electron chi connectivity index (χ1n) is 10.2. The van der Waals surface area contributed by atoms with Gasteiger partial charge in [0.1, 0.15) is 0 Å². The lowest BCUT2D eigenvalue weighted by molar-refractivity contribution is -0.137. The molecular formula is C20H25F3N6O2S. The van der Waals surface area contributed by atoms with Gasteiger partial charge in [0.25, 0.3) is 0 Å². The summed E-state index contributed by atoms with van der Waals surface area (Å²) in [7, 11) is 1.38. The third kappa shape index (κ3) is 6.22. The summed E-state index contributed by atoms with van der Waals surface area (Å²) in [6.45, 7) is 4.36. The number of halogens is 3. The number of imide groups is 1. The van der Waals surface area contributed by atoms with Crippen LogP contribution in [0.25, 0.3) is 5.69 Å². The number of urea groups is 1. The minimum atomic E-state index is -4.49. The Morgan fingerprint density at radius 1 is 1.22 bits per heavy atom. The number of thioether (sulfide) groups is 1. The Balaban J connectivity index is 1.87. The van der Waals surface area contributed by atoms with Gasteiger partial charge in [0.15, 0.2) is 11.0 Å². The number of carbonyl (C=O) groups is 2. The molecule has 2 N–H and O–H groups in total. The summed E-state index contributed by atoms with van der Waals surface area (Å²) in [6.07, 6.45) is -2.41. The molecule has 3 amide bonds. The normalized spacial score (nSPS) is 15.5. The van der Waals surface area contributed by atoms with Gasteiger partial charge in [-0.25, -0.2) is 4.79 Å². The highest BCUT2D eigenvalue weighted by atomic mass is 32.2. The second-order valence-electron chi connectivity index (χ2n) is 7.66. The Hall–Kier alpha value is -2.60. The fraction of sp³-hybridized carbons (Fsp3) is 0.500.